The van der Waals surface area contributed by atoms with Crippen molar-refractivity contribution in [2.24, 2.45) is 0 Å². The zero-order valence-electron chi connectivity index (χ0n) is 16.9. The molecule has 2 fully saturated rings. The molecule has 0 aliphatic heterocycles. The summed E-state index contributed by atoms with van der Waals surface area (Å²) in [5, 5.41) is 5.54. The van der Waals surface area contributed by atoms with Crippen LogP contribution in [0.3, 0.4) is 0 Å². The molecule has 2 aliphatic rings. The highest BCUT2D eigenvalue weighted by molar-refractivity contribution is 7.92. The summed E-state index contributed by atoms with van der Waals surface area (Å²) < 4.78 is 64.4. The molecule has 0 atom stereocenters. The van der Waals surface area contributed by atoms with Gasteiger partial charge in [-0.15, -0.1) is 0 Å². The van der Waals surface area contributed by atoms with Crippen molar-refractivity contribution in [3.63, 3.8) is 0 Å². The third-order valence-electron chi connectivity index (χ3n) is 6.12. The Bertz CT molecular complexity index is 828. The molecular formula is C21H29F3N2O3S. The summed E-state index contributed by atoms with van der Waals surface area (Å²) in [5.41, 5.74) is -0.956. The molecule has 0 spiro atoms. The SMILES string of the molecule is O=C(CN[C@H]1CC[C@H](S(=O)(=O)c2cccc(C(F)(F)F)c2)CC1)NC1CCCCC1. The number of benzene rings is 1. The first-order chi connectivity index (χ1) is 14.2. The number of hydrogen-bond donors (Lipinski definition) is 2. The Kier molecular flexibility index (Phi) is 7.44. The Morgan fingerprint density at radius 3 is 2.27 bits per heavy atom. The van der Waals surface area contributed by atoms with Gasteiger partial charge in [0.25, 0.3) is 0 Å². The number of halogens is 3. The second kappa shape index (κ2) is 9.68. The van der Waals surface area contributed by atoms with E-state index in [0.717, 1.165) is 43.9 Å². The minimum Gasteiger partial charge on any atom is -0.352 e. The molecule has 5 nitrogen and oxygen atoms in total. The zero-order chi connectivity index (χ0) is 21.8. The molecule has 2 N–H and O–H groups in total. The Hall–Kier alpha value is -1.61. The summed E-state index contributed by atoms with van der Waals surface area (Å²) in [7, 11) is -3.83. The van der Waals surface area contributed by atoms with E-state index in [9.17, 15) is 26.4 Å². The van der Waals surface area contributed by atoms with E-state index in [0.29, 0.717) is 25.7 Å². The number of rotatable bonds is 6. The van der Waals surface area contributed by atoms with Gasteiger partial charge in [-0.3, -0.25) is 4.79 Å². The fourth-order valence-electron chi connectivity index (χ4n) is 4.38. The van der Waals surface area contributed by atoms with E-state index >= 15 is 0 Å². The van der Waals surface area contributed by atoms with Crippen molar-refractivity contribution in [2.45, 2.75) is 86.2 Å². The van der Waals surface area contributed by atoms with Crippen molar-refractivity contribution in [3.05, 3.63) is 29.8 Å². The first-order valence-electron chi connectivity index (χ1n) is 10.6. The minimum absolute atomic E-state index is 0.0371. The Morgan fingerprint density at radius 2 is 1.63 bits per heavy atom. The van der Waals surface area contributed by atoms with Crippen LogP contribution >= 0.6 is 0 Å². The van der Waals surface area contributed by atoms with Crippen molar-refractivity contribution in [3.8, 4) is 0 Å². The van der Waals surface area contributed by atoms with Gasteiger partial charge in [0.1, 0.15) is 0 Å². The standard InChI is InChI=1S/C21H29F3N2O3S/c22-21(23,24)15-5-4-8-19(13-15)30(28,29)18-11-9-16(10-12-18)25-14-20(27)26-17-6-2-1-3-7-17/h4-5,8,13,16-18,25H,1-3,6-7,9-12,14H2,(H,26,27)/t16-,18-. The number of carbonyl (C=O) groups is 1. The highest BCUT2D eigenvalue weighted by atomic mass is 32.2. The molecule has 1 amide bonds. The number of amides is 1. The second-order valence-corrected chi connectivity index (χ2v) is 10.6. The smallest absolute Gasteiger partial charge is 0.352 e. The first kappa shape index (κ1) is 23.1. The minimum atomic E-state index is -4.58. The molecular weight excluding hydrogens is 417 g/mol. The van der Waals surface area contributed by atoms with Gasteiger partial charge >= 0.3 is 6.18 Å². The van der Waals surface area contributed by atoms with E-state index in [1.807, 2.05) is 0 Å². The third kappa shape index (κ3) is 5.97. The number of carbonyl (C=O) groups excluding carboxylic acids is 1. The van der Waals surface area contributed by atoms with Gasteiger partial charge in [0, 0.05) is 12.1 Å². The zero-order valence-corrected chi connectivity index (χ0v) is 17.7. The van der Waals surface area contributed by atoms with E-state index in [1.54, 1.807) is 0 Å². The van der Waals surface area contributed by atoms with Gasteiger partial charge in [-0.25, -0.2) is 8.42 Å². The van der Waals surface area contributed by atoms with Gasteiger partial charge in [0.2, 0.25) is 5.91 Å². The molecule has 2 aliphatic carbocycles. The van der Waals surface area contributed by atoms with E-state index in [1.165, 1.54) is 12.5 Å². The van der Waals surface area contributed by atoms with Gasteiger partial charge < -0.3 is 10.6 Å². The van der Waals surface area contributed by atoms with Crippen LogP contribution in [-0.4, -0.2) is 38.2 Å². The number of nitrogens with one attached hydrogen (secondary N) is 2. The quantitative estimate of drug-likeness (QED) is 0.697. The molecule has 0 heterocycles. The summed E-state index contributed by atoms with van der Waals surface area (Å²) in [6.45, 7) is 0.201. The van der Waals surface area contributed by atoms with Crippen LogP contribution in [0.15, 0.2) is 29.2 Å². The number of hydrogen-bond acceptors (Lipinski definition) is 4. The topological polar surface area (TPSA) is 75.3 Å². The lowest BCUT2D eigenvalue weighted by atomic mass is 9.94. The maximum atomic E-state index is 12.9. The Balaban J connectivity index is 1.49. The van der Waals surface area contributed by atoms with Gasteiger partial charge in [0.05, 0.1) is 22.3 Å². The molecule has 1 aromatic rings. The summed E-state index contributed by atoms with van der Waals surface area (Å²) in [6, 6.07) is 4.24. The molecule has 9 heteroatoms. The summed E-state index contributed by atoms with van der Waals surface area (Å²) in [6.07, 6.45) is 2.82. The largest absolute Gasteiger partial charge is 0.416 e. The maximum Gasteiger partial charge on any atom is 0.416 e. The van der Waals surface area contributed by atoms with E-state index in [4.69, 9.17) is 0 Å². The van der Waals surface area contributed by atoms with Crippen molar-refractivity contribution >= 4 is 15.7 Å². The Labute approximate surface area is 175 Å². The van der Waals surface area contributed by atoms with Gasteiger partial charge in [-0.05, 0) is 56.7 Å². The van der Waals surface area contributed by atoms with Crippen LogP contribution in [0.4, 0.5) is 13.2 Å². The van der Waals surface area contributed by atoms with E-state index < -0.39 is 26.8 Å². The van der Waals surface area contributed by atoms with Gasteiger partial charge in [0.15, 0.2) is 9.84 Å². The van der Waals surface area contributed by atoms with Crippen LogP contribution in [0.25, 0.3) is 0 Å². The average Bonchev–Trinajstić information content (AvgIpc) is 2.73. The molecule has 3 rings (SSSR count). The van der Waals surface area contributed by atoms with Crippen LogP contribution in [0.2, 0.25) is 0 Å². The van der Waals surface area contributed by atoms with Crippen LogP contribution in [0, 0.1) is 0 Å². The predicted octanol–water partition coefficient (Wildman–Crippen LogP) is 3.83. The Morgan fingerprint density at radius 1 is 0.967 bits per heavy atom. The molecule has 1 aromatic carbocycles. The van der Waals surface area contributed by atoms with Crippen LogP contribution < -0.4 is 10.6 Å². The van der Waals surface area contributed by atoms with Crippen molar-refractivity contribution in [1.29, 1.82) is 0 Å². The van der Waals surface area contributed by atoms with Crippen molar-refractivity contribution in [2.75, 3.05) is 6.54 Å². The molecule has 0 saturated heterocycles. The number of alkyl halides is 3. The van der Waals surface area contributed by atoms with Gasteiger partial charge in [-0.1, -0.05) is 25.3 Å². The van der Waals surface area contributed by atoms with Crippen molar-refractivity contribution in [1.82, 2.24) is 10.6 Å². The molecule has 0 bridgehead atoms. The highest BCUT2D eigenvalue weighted by Gasteiger charge is 2.35. The molecule has 0 unspecified atom stereocenters. The molecule has 0 aromatic heterocycles. The van der Waals surface area contributed by atoms with E-state index in [2.05, 4.69) is 10.6 Å². The normalized spacial score (nSPS) is 23.8. The second-order valence-electron chi connectivity index (χ2n) is 8.33. The monoisotopic (exact) mass is 446 g/mol. The molecule has 0 radical (unpaired) electrons. The predicted molar refractivity (Wildman–Crippen MR) is 108 cm³/mol. The van der Waals surface area contributed by atoms with Gasteiger partial charge in [-0.2, -0.15) is 13.2 Å². The van der Waals surface area contributed by atoms with Crippen molar-refractivity contribution < 1.29 is 26.4 Å². The van der Waals surface area contributed by atoms with Crippen LogP contribution in [0.5, 0.6) is 0 Å². The third-order valence-corrected chi connectivity index (χ3v) is 8.38. The highest BCUT2D eigenvalue weighted by Crippen LogP contribution is 2.33. The van der Waals surface area contributed by atoms with E-state index in [-0.39, 0.29) is 29.4 Å². The fraction of sp³-hybridized carbons (Fsp3) is 0.667. The summed E-state index contributed by atoms with van der Waals surface area (Å²) >= 11 is 0. The summed E-state index contributed by atoms with van der Waals surface area (Å²) in [5.74, 6) is -0.0411. The lowest BCUT2D eigenvalue weighted by Crippen LogP contribution is -2.45. The molecule has 168 valence electrons. The molecule has 2 saturated carbocycles. The van der Waals surface area contributed by atoms with Crippen LogP contribution in [-0.2, 0) is 20.8 Å². The fourth-order valence-corrected chi connectivity index (χ4v) is 6.22. The first-order valence-corrected chi connectivity index (χ1v) is 12.1. The maximum absolute atomic E-state index is 12.9. The molecule has 30 heavy (non-hydrogen) atoms. The average molecular weight is 447 g/mol. The lowest BCUT2D eigenvalue weighted by molar-refractivity contribution is -0.137. The summed E-state index contributed by atoms with van der Waals surface area (Å²) in [4.78, 5) is 11.8. The van der Waals surface area contributed by atoms with Crippen LogP contribution in [0.1, 0.15) is 63.4 Å². The number of sulfone groups is 1. The lowest BCUT2D eigenvalue weighted by Gasteiger charge is -2.29.